The zero-order chi connectivity index (χ0) is 32.5. The first-order valence-electron chi connectivity index (χ1n) is 16.2. The lowest BCUT2D eigenvalue weighted by Crippen LogP contribution is -2.44. The third kappa shape index (κ3) is 6.64. The Morgan fingerprint density at radius 2 is 1.02 bits per heavy atom. The molecular weight excluding hydrogens is 597 g/mol. The van der Waals surface area contributed by atoms with E-state index in [0.717, 1.165) is 86.5 Å². The van der Waals surface area contributed by atoms with Gasteiger partial charge in [-0.2, -0.15) is 13.2 Å². The van der Waals surface area contributed by atoms with Crippen molar-refractivity contribution in [2.45, 2.75) is 6.18 Å². The molecular formula is C38H39F3N6. The quantitative estimate of drug-likeness (QED) is 0.208. The summed E-state index contributed by atoms with van der Waals surface area (Å²) in [6, 6.07) is 30.1. The van der Waals surface area contributed by atoms with Gasteiger partial charge in [-0.05, 0) is 55.6 Å². The van der Waals surface area contributed by atoms with Gasteiger partial charge in [0.15, 0.2) is 0 Å². The zero-order valence-corrected chi connectivity index (χ0v) is 26.8. The average molecular weight is 637 g/mol. The maximum absolute atomic E-state index is 13.7. The second kappa shape index (κ2) is 12.9. The lowest BCUT2D eigenvalue weighted by molar-refractivity contribution is -0.137. The van der Waals surface area contributed by atoms with Crippen molar-refractivity contribution in [1.82, 2.24) is 19.8 Å². The summed E-state index contributed by atoms with van der Waals surface area (Å²) in [7, 11) is 4.31. The highest BCUT2D eigenvalue weighted by Gasteiger charge is 2.33. The van der Waals surface area contributed by atoms with E-state index in [2.05, 4.69) is 87.2 Å². The highest BCUT2D eigenvalue weighted by Crippen LogP contribution is 2.39. The predicted molar refractivity (Wildman–Crippen MR) is 185 cm³/mol. The normalized spacial score (nSPS) is 16.5. The molecule has 0 saturated carbocycles. The SMILES string of the molecule is CN1CCN(c2ccc(-c3nc(-c4ccc(-c5ccccc5C(F)(F)F)cc4)[nH]c3-c3ccc(N4CCN(C)CC4)cc3)cc2)CC1. The van der Waals surface area contributed by atoms with Crippen molar-refractivity contribution >= 4 is 11.4 Å². The van der Waals surface area contributed by atoms with E-state index in [1.54, 1.807) is 18.2 Å². The molecule has 9 heteroatoms. The lowest BCUT2D eigenvalue weighted by Gasteiger charge is -2.34. The summed E-state index contributed by atoms with van der Waals surface area (Å²) in [6.45, 7) is 8.16. The number of halogens is 3. The number of benzene rings is 4. The van der Waals surface area contributed by atoms with Crippen LogP contribution in [0.1, 0.15) is 5.56 Å². The fourth-order valence-corrected chi connectivity index (χ4v) is 6.52. The average Bonchev–Trinajstić information content (AvgIpc) is 3.55. The molecule has 3 heterocycles. The summed E-state index contributed by atoms with van der Waals surface area (Å²) in [4.78, 5) is 18.2. The van der Waals surface area contributed by atoms with Crippen LogP contribution in [0, 0.1) is 0 Å². The molecule has 1 aromatic heterocycles. The number of hydrogen-bond acceptors (Lipinski definition) is 5. The van der Waals surface area contributed by atoms with Crippen molar-refractivity contribution < 1.29 is 13.2 Å². The number of aromatic nitrogens is 2. The molecule has 6 nitrogen and oxygen atoms in total. The number of alkyl halides is 3. The Labute approximate surface area is 274 Å². The minimum atomic E-state index is -4.43. The summed E-state index contributed by atoms with van der Waals surface area (Å²) < 4.78 is 41.1. The molecule has 5 aromatic rings. The third-order valence-electron chi connectivity index (χ3n) is 9.44. The second-order valence-corrected chi connectivity index (χ2v) is 12.6. The predicted octanol–water partition coefficient (Wildman–Crippen LogP) is 7.60. The van der Waals surface area contributed by atoms with Crippen molar-refractivity contribution in [3.8, 4) is 45.0 Å². The van der Waals surface area contributed by atoms with E-state index in [9.17, 15) is 13.2 Å². The molecule has 0 atom stereocenters. The summed E-state index contributed by atoms with van der Waals surface area (Å²) in [6.07, 6.45) is -4.43. The molecule has 4 aromatic carbocycles. The van der Waals surface area contributed by atoms with Gasteiger partial charge in [0.05, 0.1) is 17.0 Å². The Hall–Kier alpha value is -4.60. The Morgan fingerprint density at radius 1 is 0.553 bits per heavy atom. The smallest absolute Gasteiger partial charge is 0.369 e. The molecule has 0 spiro atoms. The van der Waals surface area contributed by atoms with Crippen molar-refractivity contribution in [1.29, 1.82) is 0 Å². The Morgan fingerprint density at radius 3 is 1.55 bits per heavy atom. The van der Waals surface area contributed by atoms with Crippen LogP contribution in [0.25, 0.3) is 45.0 Å². The maximum atomic E-state index is 13.7. The molecule has 2 aliphatic heterocycles. The van der Waals surface area contributed by atoms with E-state index in [4.69, 9.17) is 4.98 Å². The number of nitrogens with one attached hydrogen (secondary N) is 1. The Balaban J connectivity index is 1.22. The van der Waals surface area contributed by atoms with Gasteiger partial charge in [-0.25, -0.2) is 4.98 Å². The zero-order valence-electron chi connectivity index (χ0n) is 26.8. The first kappa shape index (κ1) is 31.0. The largest absolute Gasteiger partial charge is 0.417 e. The molecule has 0 bridgehead atoms. The molecule has 47 heavy (non-hydrogen) atoms. The molecule has 0 amide bonds. The number of rotatable bonds is 6. The van der Waals surface area contributed by atoms with Crippen LogP contribution in [0.3, 0.4) is 0 Å². The van der Waals surface area contributed by atoms with Crippen LogP contribution in [0.5, 0.6) is 0 Å². The van der Waals surface area contributed by atoms with Gasteiger partial charge >= 0.3 is 6.18 Å². The van der Waals surface area contributed by atoms with Gasteiger partial charge in [-0.1, -0.05) is 66.7 Å². The fourth-order valence-electron chi connectivity index (χ4n) is 6.52. The molecule has 2 fully saturated rings. The van der Waals surface area contributed by atoms with Gasteiger partial charge in [-0.3, -0.25) is 0 Å². The van der Waals surface area contributed by atoms with Crippen LogP contribution >= 0.6 is 0 Å². The molecule has 0 radical (unpaired) electrons. The number of H-pyrrole nitrogens is 1. The molecule has 2 aliphatic rings. The van der Waals surface area contributed by atoms with Crippen LogP contribution in [-0.2, 0) is 6.18 Å². The van der Waals surface area contributed by atoms with E-state index < -0.39 is 11.7 Å². The molecule has 1 N–H and O–H groups in total. The summed E-state index contributed by atoms with van der Waals surface area (Å²) in [5.74, 6) is 0.664. The van der Waals surface area contributed by atoms with Crippen LogP contribution in [0.4, 0.5) is 24.5 Å². The second-order valence-electron chi connectivity index (χ2n) is 12.6. The topological polar surface area (TPSA) is 41.6 Å². The Kier molecular flexibility index (Phi) is 8.51. The van der Waals surface area contributed by atoms with Crippen LogP contribution in [0.2, 0.25) is 0 Å². The number of anilines is 2. The molecule has 242 valence electrons. The van der Waals surface area contributed by atoms with Crippen LogP contribution < -0.4 is 9.80 Å². The first-order valence-corrected chi connectivity index (χ1v) is 16.2. The van der Waals surface area contributed by atoms with Gasteiger partial charge < -0.3 is 24.6 Å². The first-order chi connectivity index (χ1) is 22.7. The standard InChI is InChI=1S/C38H39F3N6/c1-44-19-23-46(24-20-44)31-15-11-28(12-16-31)35-36(29-13-17-32(18-14-29)47-25-21-45(2)22-26-47)43-37(42-35)30-9-7-27(8-10-30)33-5-3-4-6-34(33)38(39,40)41/h3-18H,19-26H2,1-2H3,(H,42,43). The number of piperazine rings is 2. The van der Waals surface area contributed by atoms with Crippen LogP contribution in [0.15, 0.2) is 97.1 Å². The van der Waals surface area contributed by atoms with Gasteiger partial charge in [0.1, 0.15) is 5.82 Å². The van der Waals surface area contributed by atoms with Crippen molar-refractivity contribution in [2.75, 3.05) is 76.3 Å². The maximum Gasteiger partial charge on any atom is 0.417 e. The number of aromatic amines is 1. The van der Waals surface area contributed by atoms with E-state index in [1.165, 1.54) is 23.5 Å². The minimum absolute atomic E-state index is 0.160. The van der Waals surface area contributed by atoms with Crippen molar-refractivity contribution in [2.24, 2.45) is 0 Å². The third-order valence-corrected chi connectivity index (χ3v) is 9.44. The van der Waals surface area contributed by atoms with Gasteiger partial charge in [-0.15, -0.1) is 0 Å². The van der Waals surface area contributed by atoms with Crippen molar-refractivity contribution in [3.05, 3.63) is 103 Å². The molecule has 0 unspecified atom stereocenters. The van der Waals surface area contributed by atoms with Gasteiger partial charge in [0.2, 0.25) is 0 Å². The number of likely N-dealkylation sites (N-methyl/N-ethyl adjacent to an activating group) is 2. The van der Waals surface area contributed by atoms with E-state index in [1.807, 2.05) is 12.1 Å². The van der Waals surface area contributed by atoms with E-state index in [-0.39, 0.29) is 5.56 Å². The molecule has 7 rings (SSSR count). The summed E-state index contributed by atoms with van der Waals surface area (Å²) >= 11 is 0. The van der Waals surface area contributed by atoms with E-state index in [0.29, 0.717) is 11.4 Å². The van der Waals surface area contributed by atoms with Gasteiger partial charge in [0, 0.05) is 80.4 Å². The van der Waals surface area contributed by atoms with Crippen LogP contribution in [-0.4, -0.2) is 86.2 Å². The number of hydrogen-bond donors (Lipinski definition) is 1. The molecule has 2 saturated heterocycles. The van der Waals surface area contributed by atoms with Crippen molar-refractivity contribution in [3.63, 3.8) is 0 Å². The highest BCUT2D eigenvalue weighted by atomic mass is 19.4. The Bertz CT molecular complexity index is 1710. The minimum Gasteiger partial charge on any atom is -0.369 e. The number of nitrogens with zero attached hydrogens (tertiary/aromatic N) is 5. The molecule has 0 aliphatic carbocycles. The number of imidazole rings is 1. The lowest BCUT2D eigenvalue weighted by atomic mass is 9.98. The highest BCUT2D eigenvalue weighted by molar-refractivity contribution is 5.83. The fraction of sp³-hybridized carbons (Fsp3) is 0.289. The van der Waals surface area contributed by atoms with Gasteiger partial charge in [0.25, 0.3) is 0 Å². The van der Waals surface area contributed by atoms with E-state index >= 15 is 0 Å². The summed E-state index contributed by atoms with van der Waals surface area (Å²) in [5.41, 5.74) is 6.99. The summed E-state index contributed by atoms with van der Waals surface area (Å²) in [5, 5.41) is 0. The monoisotopic (exact) mass is 636 g/mol.